The van der Waals surface area contributed by atoms with Gasteiger partial charge in [-0.05, 0) is 39.0 Å². The lowest BCUT2D eigenvalue weighted by Crippen LogP contribution is -2.44. The highest BCUT2D eigenvalue weighted by Gasteiger charge is 2.23. The van der Waals surface area contributed by atoms with E-state index in [4.69, 9.17) is 0 Å². The summed E-state index contributed by atoms with van der Waals surface area (Å²) in [6.45, 7) is 2.92. The fourth-order valence-electron chi connectivity index (χ4n) is 3.23. The minimum atomic E-state index is -0.732. The Morgan fingerprint density at radius 2 is 1.62 bits per heavy atom. The second-order valence-electron chi connectivity index (χ2n) is 6.72. The van der Waals surface area contributed by atoms with Gasteiger partial charge in [0.05, 0.1) is 6.42 Å². The summed E-state index contributed by atoms with van der Waals surface area (Å²) < 4.78 is 0. The highest BCUT2D eigenvalue weighted by Crippen LogP contribution is 2.17. The molecule has 0 bridgehead atoms. The second kappa shape index (κ2) is 9.39. The van der Waals surface area contributed by atoms with E-state index in [0.29, 0.717) is 18.8 Å². The summed E-state index contributed by atoms with van der Waals surface area (Å²) in [5, 5.41) is 6.89. The molecule has 0 aromatic carbocycles. The minimum absolute atomic E-state index is 0.0836. The molecule has 1 aliphatic carbocycles. The van der Waals surface area contributed by atoms with E-state index in [0.717, 1.165) is 44.9 Å². The molecule has 0 spiro atoms. The second-order valence-corrected chi connectivity index (χ2v) is 6.72. The van der Waals surface area contributed by atoms with E-state index in [1.807, 2.05) is 0 Å². The molecule has 0 unspecified atom stereocenters. The Balaban J connectivity index is 1.72. The third-order valence-corrected chi connectivity index (χ3v) is 4.57. The van der Waals surface area contributed by atoms with Crippen LogP contribution in [0, 0.1) is 0 Å². The number of carbonyl (C=O) groups is 3. The van der Waals surface area contributed by atoms with Crippen LogP contribution in [0.2, 0.25) is 0 Å². The number of likely N-dealkylation sites (tertiary alicyclic amines) is 1. The largest absolute Gasteiger partial charge is 0.353 e. The molecule has 2 rings (SSSR count). The average Bonchev–Trinajstić information content (AvgIpc) is 2.60. The maximum atomic E-state index is 12.0. The molecule has 0 aromatic rings. The molecule has 0 aromatic heterocycles. The first-order valence-corrected chi connectivity index (χ1v) is 8.98. The van der Waals surface area contributed by atoms with Crippen LogP contribution in [0.5, 0.6) is 0 Å². The number of rotatable bonds is 4. The van der Waals surface area contributed by atoms with Gasteiger partial charge in [0.25, 0.3) is 0 Å². The summed E-state index contributed by atoms with van der Waals surface area (Å²) in [5.74, 6) is -1.36. The lowest BCUT2D eigenvalue weighted by molar-refractivity contribution is -0.146. The zero-order chi connectivity index (χ0) is 17.4. The topological polar surface area (TPSA) is 90.9 Å². The zero-order valence-corrected chi connectivity index (χ0v) is 14.5. The van der Waals surface area contributed by atoms with Crippen LogP contribution in [-0.4, -0.2) is 47.5 Å². The van der Waals surface area contributed by atoms with E-state index >= 15 is 0 Å². The Morgan fingerprint density at radius 1 is 1.00 bits per heavy atom. The first kappa shape index (κ1) is 18.4. The number of hydrogen-bond donors (Lipinski definition) is 2. The van der Waals surface area contributed by atoms with Gasteiger partial charge in [0.1, 0.15) is 0 Å². The van der Waals surface area contributed by atoms with Crippen LogP contribution in [0.25, 0.3) is 0 Å². The van der Waals surface area contributed by atoms with Crippen LogP contribution in [-0.2, 0) is 14.4 Å². The van der Waals surface area contributed by atoms with Gasteiger partial charge in [-0.25, -0.2) is 5.43 Å². The summed E-state index contributed by atoms with van der Waals surface area (Å²) in [4.78, 5) is 37.3. The summed E-state index contributed by atoms with van der Waals surface area (Å²) in [5.41, 5.74) is 2.76. The zero-order valence-electron chi connectivity index (χ0n) is 14.5. The number of nitrogens with one attached hydrogen (secondary N) is 2. The van der Waals surface area contributed by atoms with Crippen molar-refractivity contribution in [2.45, 2.75) is 70.8 Å². The number of nitrogens with zero attached hydrogens (tertiary/aromatic N) is 2. The molecular formula is C17H28N4O3. The monoisotopic (exact) mass is 336 g/mol. The van der Waals surface area contributed by atoms with Crippen molar-refractivity contribution in [3.63, 3.8) is 0 Å². The molecule has 2 fully saturated rings. The summed E-state index contributed by atoms with van der Waals surface area (Å²) in [7, 11) is 0. The van der Waals surface area contributed by atoms with Gasteiger partial charge in [0.2, 0.25) is 5.91 Å². The number of piperidine rings is 1. The van der Waals surface area contributed by atoms with Crippen LogP contribution < -0.4 is 10.7 Å². The fourth-order valence-corrected chi connectivity index (χ4v) is 3.23. The standard InChI is InChI=1S/C17H28N4O3/c1-13(12-15(22)18-14-8-4-2-5-9-14)19-20-16(23)17(24)21-10-6-3-7-11-21/h14H,2-12H2,1H3,(H,18,22)(H,20,23)/b19-13+. The Kier molecular flexibility index (Phi) is 7.21. The first-order chi connectivity index (χ1) is 11.6. The van der Waals surface area contributed by atoms with Gasteiger partial charge in [-0.2, -0.15) is 5.10 Å². The molecule has 1 aliphatic heterocycles. The SMILES string of the molecule is C/C(CC(=O)NC1CCCCC1)=N\NC(=O)C(=O)N1CCCCC1. The molecule has 1 heterocycles. The van der Waals surface area contributed by atoms with Gasteiger partial charge >= 0.3 is 11.8 Å². The highest BCUT2D eigenvalue weighted by molar-refractivity contribution is 6.35. The lowest BCUT2D eigenvalue weighted by atomic mass is 9.95. The smallest absolute Gasteiger partial charge is 0.329 e. The molecule has 2 aliphatic rings. The van der Waals surface area contributed by atoms with E-state index in [-0.39, 0.29) is 18.4 Å². The van der Waals surface area contributed by atoms with Crippen molar-refractivity contribution in [1.29, 1.82) is 0 Å². The highest BCUT2D eigenvalue weighted by atomic mass is 16.2. The van der Waals surface area contributed by atoms with Crippen molar-refractivity contribution in [3.8, 4) is 0 Å². The van der Waals surface area contributed by atoms with Crippen LogP contribution in [0.1, 0.15) is 64.7 Å². The van der Waals surface area contributed by atoms with Gasteiger partial charge in [-0.3, -0.25) is 14.4 Å². The van der Waals surface area contributed by atoms with Crippen LogP contribution in [0.15, 0.2) is 5.10 Å². The van der Waals surface area contributed by atoms with Crippen molar-refractivity contribution < 1.29 is 14.4 Å². The predicted molar refractivity (Wildman–Crippen MR) is 91.3 cm³/mol. The van der Waals surface area contributed by atoms with Crippen LogP contribution >= 0.6 is 0 Å². The van der Waals surface area contributed by atoms with Gasteiger partial charge in [0.15, 0.2) is 0 Å². The molecule has 0 radical (unpaired) electrons. The Labute approximate surface area is 143 Å². The third-order valence-electron chi connectivity index (χ3n) is 4.57. The molecule has 7 nitrogen and oxygen atoms in total. The van der Waals surface area contributed by atoms with Crippen molar-refractivity contribution in [3.05, 3.63) is 0 Å². The van der Waals surface area contributed by atoms with E-state index in [9.17, 15) is 14.4 Å². The van der Waals surface area contributed by atoms with Crippen molar-refractivity contribution in [1.82, 2.24) is 15.6 Å². The van der Waals surface area contributed by atoms with Gasteiger partial charge in [-0.15, -0.1) is 0 Å². The van der Waals surface area contributed by atoms with Crippen LogP contribution in [0.3, 0.4) is 0 Å². The summed E-state index contributed by atoms with van der Waals surface area (Å²) in [6, 6.07) is 0.259. The number of hydrogen-bond acceptors (Lipinski definition) is 4. The maximum Gasteiger partial charge on any atom is 0.329 e. The van der Waals surface area contributed by atoms with E-state index in [1.54, 1.807) is 11.8 Å². The molecule has 3 amide bonds. The molecular weight excluding hydrogens is 308 g/mol. The molecule has 134 valence electrons. The molecule has 24 heavy (non-hydrogen) atoms. The Hall–Kier alpha value is -1.92. The Bertz CT molecular complexity index is 492. The quantitative estimate of drug-likeness (QED) is 0.461. The first-order valence-electron chi connectivity index (χ1n) is 8.98. The molecule has 1 saturated carbocycles. The normalized spacial score (nSPS) is 19.7. The van der Waals surface area contributed by atoms with E-state index in [1.165, 1.54) is 6.42 Å². The summed E-state index contributed by atoms with van der Waals surface area (Å²) in [6.07, 6.45) is 8.72. The molecule has 1 saturated heterocycles. The molecule has 2 N–H and O–H groups in total. The van der Waals surface area contributed by atoms with Crippen molar-refractivity contribution >= 4 is 23.4 Å². The predicted octanol–water partition coefficient (Wildman–Crippen LogP) is 1.33. The van der Waals surface area contributed by atoms with Gasteiger partial charge in [-0.1, -0.05) is 19.3 Å². The van der Waals surface area contributed by atoms with Gasteiger partial charge in [0, 0.05) is 24.8 Å². The molecule has 0 atom stereocenters. The van der Waals surface area contributed by atoms with Crippen molar-refractivity contribution in [2.75, 3.05) is 13.1 Å². The van der Waals surface area contributed by atoms with E-state index in [2.05, 4.69) is 15.8 Å². The van der Waals surface area contributed by atoms with Gasteiger partial charge < -0.3 is 10.2 Å². The number of hydrazone groups is 1. The number of amides is 3. The third kappa shape index (κ3) is 5.94. The molecule has 7 heteroatoms. The van der Waals surface area contributed by atoms with Crippen LogP contribution in [0.4, 0.5) is 0 Å². The fraction of sp³-hybridized carbons (Fsp3) is 0.765. The number of carbonyl (C=O) groups excluding carboxylic acids is 3. The van der Waals surface area contributed by atoms with E-state index < -0.39 is 11.8 Å². The average molecular weight is 336 g/mol. The summed E-state index contributed by atoms with van der Waals surface area (Å²) >= 11 is 0. The van der Waals surface area contributed by atoms with Crippen molar-refractivity contribution in [2.24, 2.45) is 5.10 Å². The minimum Gasteiger partial charge on any atom is -0.353 e. The Morgan fingerprint density at radius 3 is 2.29 bits per heavy atom. The maximum absolute atomic E-state index is 12.0. The lowest BCUT2D eigenvalue weighted by Gasteiger charge is -2.25.